The summed E-state index contributed by atoms with van der Waals surface area (Å²) in [6.07, 6.45) is 4.31. The largest absolute Gasteiger partial charge is 0.393 e. The zero-order valence-corrected chi connectivity index (χ0v) is 14.5. The lowest BCUT2D eigenvalue weighted by molar-refractivity contribution is 0.145. The second-order valence-electron chi connectivity index (χ2n) is 6.15. The van der Waals surface area contributed by atoms with E-state index in [0.717, 1.165) is 0 Å². The maximum atomic E-state index is 14.4. The molecule has 1 saturated heterocycles. The molecular weight excluding hydrogens is 321 g/mol. The van der Waals surface area contributed by atoms with Crippen LogP contribution in [-0.2, 0) is 6.54 Å². The Kier molecular flexibility index (Phi) is 7.01. The van der Waals surface area contributed by atoms with Gasteiger partial charge in [-0.3, -0.25) is 0 Å². The van der Waals surface area contributed by atoms with E-state index in [-0.39, 0.29) is 24.5 Å². The number of hydrogen-bond acceptors (Lipinski definition) is 3. The average Bonchev–Trinajstić information content (AvgIpc) is 2.60. The molecule has 1 fully saturated rings. The van der Waals surface area contributed by atoms with Crippen LogP contribution in [0.5, 0.6) is 0 Å². The van der Waals surface area contributed by atoms with Gasteiger partial charge in [-0.15, -0.1) is 13.2 Å². The van der Waals surface area contributed by atoms with Gasteiger partial charge in [0.1, 0.15) is 5.82 Å². The number of nitrogens with zero attached hydrogens (tertiary/aromatic N) is 2. The Labute approximate surface area is 148 Å². The Morgan fingerprint density at radius 3 is 2.52 bits per heavy atom. The molecule has 2 amide bonds. The van der Waals surface area contributed by atoms with Crippen molar-refractivity contribution in [3.05, 3.63) is 54.9 Å². The van der Waals surface area contributed by atoms with Crippen LogP contribution in [-0.4, -0.2) is 48.3 Å². The molecule has 0 aromatic heterocycles. The summed E-state index contributed by atoms with van der Waals surface area (Å²) in [4.78, 5) is 15.6. The first-order valence-electron chi connectivity index (χ1n) is 8.51. The lowest BCUT2D eigenvalue weighted by Crippen LogP contribution is -2.39. The van der Waals surface area contributed by atoms with Crippen molar-refractivity contribution in [1.82, 2.24) is 10.2 Å². The zero-order chi connectivity index (χ0) is 18.2. The van der Waals surface area contributed by atoms with E-state index in [9.17, 15) is 14.3 Å². The van der Waals surface area contributed by atoms with Gasteiger partial charge in [0.25, 0.3) is 0 Å². The third-order valence-electron chi connectivity index (χ3n) is 4.25. The Bertz CT molecular complexity index is 603. The lowest BCUT2D eigenvalue weighted by Gasteiger charge is -2.31. The molecule has 1 aliphatic rings. The van der Waals surface area contributed by atoms with Gasteiger partial charge in [0.05, 0.1) is 11.8 Å². The number of amides is 2. The van der Waals surface area contributed by atoms with Gasteiger partial charge in [-0.25, -0.2) is 9.18 Å². The number of halogens is 1. The van der Waals surface area contributed by atoms with Crippen LogP contribution in [0.3, 0.4) is 0 Å². The minimum absolute atomic E-state index is 0.241. The van der Waals surface area contributed by atoms with Gasteiger partial charge in [-0.1, -0.05) is 18.2 Å². The molecule has 0 bridgehead atoms. The number of rotatable bonds is 7. The molecule has 0 radical (unpaired) electrons. The predicted molar refractivity (Wildman–Crippen MR) is 98.1 cm³/mol. The molecule has 0 saturated carbocycles. The van der Waals surface area contributed by atoms with Gasteiger partial charge in [0, 0.05) is 32.7 Å². The lowest BCUT2D eigenvalue weighted by atomic mass is 10.1. The minimum atomic E-state index is -0.308. The van der Waals surface area contributed by atoms with Crippen molar-refractivity contribution in [2.75, 3.05) is 31.1 Å². The van der Waals surface area contributed by atoms with Crippen molar-refractivity contribution in [1.29, 1.82) is 0 Å². The van der Waals surface area contributed by atoms with E-state index in [1.54, 1.807) is 23.1 Å². The topological polar surface area (TPSA) is 55.8 Å². The van der Waals surface area contributed by atoms with Crippen molar-refractivity contribution >= 4 is 11.7 Å². The predicted octanol–water partition coefficient (Wildman–Crippen LogP) is 2.67. The van der Waals surface area contributed by atoms with Crippen LogP contribution in [0.2, 0.25) is 0 Å². The number of benzene rings is 1. The molecule has 2 rings (SSSR count). The third-order valence-corrected chi connectivity index (χ3v) is 4.25. The van der Waals surface area contributed by atoms with E-state index < -0.39 is 0 Å². The number of carbonyl (C=O) groups excluding carboxylic acids is 1. The SMILES string of the molecule is C=CCN(CC=C)C(=O)NCc1ccc(N2CCC(O)CC2)c(F)c1. The van der Waals surface area contributed by atoms with E-state index in [4.69, 9.17) is 0 Å². The van der Waals surface area contributed by atoms with E-state index in [1.807, 2.05) is 11.0 Å². The maximum Gasteiger partial charge on any atom is 0.318 e. The smallest absolute Gasteiger partial charge is 0.318 e. The molecule has 136 valence electrons. The van der Waals surface area contributed by atoms with Gasteiger partial charge >= 0.3 is 6.03 Å². The molecule has 0 spiro atoms. The quantitative estimate of drug-likeness (QED) is 0.746. The highest BCUT2D eigenvalue weighted by Gasteiger charge is 2.19. The van der Waals surface area contributed by atoms with Crippen molar-refractivity contribution < 1.29 is 14.3 Å². The minimum Gasteiger partial charge on any atom is -0.393 e. The summed E-state index contributed by atoms with van der Waals surface area (Å²) in [6, 6.07) is 4.76. The first-order chi connectivity index (χ1) is 12.0. The fourth-order valence-electron chi connectivity index (χ4n) is 2.87. The molecule has 1 heterocycles. The van der Waals surface area contributed by atoms with Gasteiger partial charge < -0.3 is 20.2 Å². The molecule has 1 aliphatic heterocycles. The Balaban J connectivity index is 1.95. The van der Waals surface area contributed by atoms with Crippen molar-refractivity contribution in [3.63, 3.8) is 0 Å². The summed E-state index contributed by atoms with van der Waals surface area (Å²) in [5, 5.41) is 12.3. The van der Waals surface area contributed by atoms with E-state index in [1.165, 1.54) is 6.07 Å². The van der Waals surface area contributed by atoms with Crippen LogP contribution in [0.15, 0.2) is 43.5 Å². The highest BCUT2D eigenvalue weighted by Crippen LogP contribution is 2.24. The molecule has 0 atom stereocenters. The zero-order valence-electron chi connectivity index (χ0n) is 14.5. The van der Waals surface area contributed by atoms with E-state index >= 15 is 0 Å². The number of carbonyl (C=O) groups is 1. The number of piperidine rings is 1. The Morgan fingerprint density at radius 2 is 1.96 bits per heavy atom. The molecular formula is C19H26FN3O2. The molecule has 25 heavy (non-hydrogen) atoms. The fraction of sp³-hybridized carbons (Fsp3) is 0.421. The highest BCUT2D eigenvalue weighted by molar-refractivity contribution is 5.74. The average molecular weight is 347 g/mol. The summed E-state index contributed by atoms with van der Waals surface area (Å²) in [5.41, 5.74) is 1.24. The van der Waals surface area contributed by atoms with Crippen LogP contribution in [0.4, 0.5) is 14.9 Å². The van der Waals surface area contributed by atoms with Gasteiger partial charge in [-0.05, 0) is 30.5 Å². The first-order valence-corrected chi connectivity index (χ1v) is 8.51. The second-order valence-corrected chi connectivity index (χ2v) is 6.15. The van der Waals surface area contributed by atoms with Crippen LogP contribution in [0.1, 0.15) is 18.4 Å². The van der Waals surface area contributed by atoms with E-state index in [2.05, 4.69) is 18.5 Å². The van der Waals surface area contributed by atoms with Crippen molar-refractivity contribution in [2.45, 2.75) is 25.5 Å². The highest BCUT2D eigenvalue weighted by atomic mass is 19.1. The summed E-state index contributed by atoms with van der Waals surface area (Å²) in [6.45, 7) is 9.64. The molecule has 1 aromatic carbocycles. The van der Waals surface area contributed by atoms with Crippen molar-refractivity contribution in [2.24, 2.45) is 0 Å². The van der Waals surface area contributed by atoms with E-state index in [0.29, 0.717) is 50.3 Å². The van der Waals surface area contributed by atoms with Crippen LogP contribution in [0.25, 0.3) is 0 Å². The van der Waals surface area contributed by atoms with Gasteiger partial charge in [-0.2, -0.15) is 0 Å². The summed E-state index contributed by atoms with van der Waals surface area (Å²) in [7, 11) is 0. The molecule has 1 aromatic rings. The number of hydrogen-bond donors (Lipinski definition) is 2. The second kappa shape index (κ2) is 9.22. The fourth-order valence-corrected chi connectivity index (χ4v) is 2.87. The van der Waals surface area contributed by atoms with Crippen LogP contribution < -0.4 is 10.2 Å². The number of urea groups is 1. The molecule has 0 unspecified atom stereocenters. The Hall–Kier alpha value is -2.34. The van der Waals surface area contributed by atoms with Crippen LogP contribution in [0, 0.1) is 5.82 Å². The summed E-state index contributed by atoms with van der Waals surface area (Å²) < 4.78 is 14.4. The molecule has 5 nitrogen and oxygen atoms in total. The monoisotopic (exact) mass is 347 g/mol. The first kappa shape index (κ1) is 19.0. The molecule has 2 N–H and O–H groups in total. The standard InChI is InChI=1S/C19H26FN3O2/c1-3-9-23(10-4-2)19(25)21-14-15-5-6-18(17(20)13-15)22-11-7-16(24)8-12-22/h3-6,13,16,24H,1-2,7-12,14H2,(H,21,25). The van der Waals surface area contributed by atoms with Gasteiger partial charge in [0.15, 0.2) is 0 Å². The van der Waals surface area contributed by atoms with Crippen molar-refractivity contribution in [3.8, 4) is 0 Å². The number of anilines is 1. The summed E-state index contributed by atoms with van der Waals surface area (Å²) in [5.74, 6) is -0.308. The van der Waals surface area contributed by atoms with Gasteiger partial charge in [0.2, 0.25) is 0 Å². The number of aliphatic hydroxyl groups excluding tert-OH is 1. The maximum absolute atomic E-state index is 14.4. The number of aliphatic hydroxyl groups is 1. The van der Waals surface area contributed by atoms with Crippen LogP contribution >= 0.6 is 0 Å². The molecule has 0 aliphatic carbocycles. The Morgan fingerprint density at radius 1 is 1.32 bits per heavy atom. The number of nitrogens with one attached hydrogen (secondary N) is 1. The normalized spacial score (nSPS) is 14.9. The third kappa shape index (κ3) is 5.32. The summed E-state index contributed by atoms with van der Waals surface area (Å²) >= 11 is 0. The molecule has 6 heteroatoms.